The van der Waals surface area contributed by atoms with Gasteiger partial charge < -0.3 is 14.8 Å². The normalized spacial score (nSPS) is 10.9. The number of aryl methyl sites for hydroxylation is 1. The third-order valence-electron chi connectivity index (χ3n) is 4.74. The number of aromatic nitrogens is 3. The third-order valence-corrected chi connectivity index (χ3v) is 5.73. The van der Waals surface area contributed by atoms with E-state index in [2.05, 4.69) is 15.4 Å². The summed E-state index contributed by atoms with van der Waals surface area (Å²) in [4.78, 5) is 17.0. The summed E-state index contributed by atoms with van der Waals surface area (Å²) in [6.45, 7) is 1.90. The zero-order chi connectivity index (χ0) is 22.7. The fourth-order valence-corrected chi connectivity index (χ4v) is 4.09. The summed E-state index contributed by atoms with van der Waals surface area (Å²) in [5.74, 6) is 0.874. The SMILES string of the molecule is COc1ccc(-c2cnn3c(SCC(=O)Nc4ccc(F)cc4)cc(C)nc23)cc1OC. The lowest BCUT2D eigenvalue weighted by Gasteiger charge is -2.10. The third kappa shape index (κ3) is 4.52. The lowest BCUT2D eigenvalue weighted by Crippen LogP contribution is -2.14. The van der Waals surface area contributed by atoms with Crippen LogP contribution in [-0.2, 0) is 4.79 Å². The summed E-state index contributed by atoms with van der Waals surface area (Å²) in [6.07, 6.45) is 1.74. The van der Waals surface area contributed by atoms with Crippen molar-refractivity contribution in [2.45, 2.75) is 11.9 Å². The molecule has 0 atom stereocenters. The molecule has 0 spiro atoms. The summed E-state index contributed by atoms with van der Waals surface area (Å²) in [7, 11) is 3.18. The van der Waals surface area contributed by atoms with E-state index in [0.29, 0.717) is 22.8 Å². The van der Waals surface area contributed by atoms with E-state index >= 15 is 0 Å². The summed E-state index contributed by atoms with van der Waals surface area (Å²) >= 11 is 1.35. The predicted molar refractivity (Wildman–Crippen MR) is 122 cm³/mol. The van der Waals surface area contributed by atoms with Crippen molar-refractivity contribution in [2.24, 2.45) is 0 Å². The Hall–Kier alpha value is -3.59. The molecule has 2 aromatic heterocycles. The maximum atomic E-state index is 13.0. The van der Waals surface area contributed by atoms with Crippen LogP contribution in [0.1, 0.15) is 5.69 Å². The number of anilines is 1. The molecule has 0 bridgehead atoms. The highest BCUT2D eigenvalue weighted by Crippen LogP contribution is 2.34. The van der Waals surface area contributed by atoms with Crippen LogP contribution in [0.25, 0.3) is 16.8 Å². The maximum Gasteiger partial charge on any atom is 0.234 e. The molecule has 4 rings (SSSR count). The minimum absolute atomic E-state index is 0.168. The van der Waals surface area contributed by atoms with Gasteiger partial charge >= 0.3 is 0 Å². The van der Waals surface area contributed by atoms with E-state index in [1.165, 1.54) is 36.0 Å². The first-order chi connectivity index (χ1) is 15.5. The van der Waals surface area contributed by atoms with Crippen molar-refractivity contribution in [3.05, 3.63) is 66.2 Å². The average molecular weight is 453 g/mol. The highest BCUT2D eigenvalue weighted by molar-refractivity contribution is 7.99. The van der Waals surface area contributed by atoms with Crippen LogP contribution < -0.4 is 14.8 Å². The van der Waals surface area contributed by atoms with Crippen molar-refractivity contribution in [1.29, 1.82) is 0 Å². The van der Waals surface area contributed by atoms with Crippen molar-refractivity contribution >= 4 is 29.0 Å². The van der Waals surface area contributed by atoms with Gasteiger partial charge in [0.15, 0.2) is 17.1 Å². The van der Waals surface area contributed by atoms with Crippen LogP contribution in [0.5, 0.6) is 11.5 Å². The van der Waals surface area contributed by atoms with Gasteiger partial charge in [0.1, 0.15) is 10.8 Å². The smallest absolute Gasteiger partial charge is 0.234 e. The number of halogens is 1. The molecule has 1 N–H and O–H groups in total. The maximum absolute atomic E-state index is 13.0. The fraction of sp³-hybridized carbons (Fsp3) is 0.174. The Morgan fingerprint density at radius 3 is 2.56 bits per heavy atom. The molecule has 0 unspecified atom stereocenters. The second-order valence-electron chi connectivity index (χ2n) is 6.94. The molecule has 4 aromatic rings. The Balaban J connectivity index is 1.58. The number of thioether (sulfide) groups is 1. The first-order valence-corrected chi connectivity index (χ1v) is 10.7. The lowest BCUT2D eigenvalue weighted by atomic mass is 10.1. The molecule has 9 heteroatoms. The molecular formula is C23H21FN4O3S. The van der Waals surface area contributed by atoms with Gasteiger partial charge in [0, 0.05) is 16.9 Å². The quantitative estimate of drug-likeness (QED) is 0.326. The molecule has 2 heterocycles. The zero-order valence-electron chi connectivity index (χ0n) is 17.8. The Morgan fingerprint density at radius 2 is 1.84 bits per heavy atom. The van der Waals surface area contributed by atoms with E-state index in [1.54, 1.807) is 24.9 Å². The van der Waals surface area contributed by atoms with Gasteiger partial charge in [-0.15, -0.1) is 0 Å². The molecule has 0 aliphatic carbocycles. The number of nitrogens with one attached hydrogen (secondary N) is 1. The number of ether oxygens (including phenoxy) is 2. The molecule has 0 fully saturated rings. The van der Waals surface area contributed by atoms with Crippen molar-refractivity contribution in [3.63, 3.8) is 0 Å². The molecule has 0 aliphatic heterocycles. The fourth-order valence-electron chi connectivity index (χ4n) is 3.23. The molecular weight excluding hydrogens is 431 g/mol. The first kappa shape index (κ1) is 21.6. The highest BCUT2D eigenvalue weighted by Gasteiger charge is 2.15. The summed E-state index contributed by atoms with van der Waals surface area (Å²) < 4.78 is 25.5. The molecule has 7 nitrogen and oxygen atoms in total. The Bertz CT molecular complexity index is 1270. The van der Waals surface area contributed by atoms with E-state index in [-0.39, 0.29) is 17.5 Å². The van der Waals surface area contributed by atoms with Gasteiger partial charge in [-0.2, -0.15) is 5.10 Å². The molecule has 0 radical (unpaired) electrons. The summed E-state index contributed by atoms with van der Waals surface area (Å²) in [5, 5.41) is 8.04. The number of carbonyl (C=O) groups is 1. The van der Waals surface area contributed by atoms with Crippen molar-refractivity contribution in [3.8, 4) is 22.6 Å². The van der Waals surface area contributed by atoms with Crippen LogP contribution in [0.2, 0.25) is 0 Å². The number of amides is 1. The summed E-state index contributed by atoms with van der Waals surface area (Å²) in [6, 6.07) is 13.2. The van der Waals surface area contributed by atoms with Crippen LogP contribution in [0.4, 0.5) is 10.1 Å². The van der Waals surface area contributed by atoms with Crippen molar-refractivity contribution in [2.75, 3.05) is 25.3 Å². The average Bonchev–Trinajstić information content (AvgIpc) is 3.22. The van der Waals surface area contributed by atoms with E-state index < -0.39 is 0 Å². The number of hydrogen-bond donors (Lipinski definition) is 1. The van der Waals surface area contributed by atoms with E-state index in [0.717, 1.165) is 21.8 Å². The van der Waals surface area contributed by atoms with Crippen LogP contribution in [0.3, 0.4) is 0 Å². The standard InChI is InChI=1S/C23H21FN4O3S/c1-14-10-22(32-13-21(29)27-17-7-5-16(24)6-8-17)28-23(26-14)18(12-25-28)15-4-9-19(30-2)20(11-15)31-3/h4-12H,13H2,1-3H3,(H,27,29). The lowest BCUT2D eigenvalue weighted by molar-refractivity contribution is -0.113. The number of methoxy groups -OCH3 is 2. The minimum atomic E-state index is -0.351. The number of rotatable bonds is 7. The van der Waals surface area contributed by atoms with Crippen molar-refractivity contribution < 1.29 is 18.7 Å². The molecule has 2 aromatic carbocycles. The van der Waals surface area contributed by atoms with E-state index in [4.69, 9.17) is 9.47 Å². The van der Waals surface area contributed by atoms with Gasteiger partial charge in [-0.05, 0) is 55.0 Å². The largest absolute Gasteiger partial charge is 0.493 e. The minimum Gasteiger partial charge on any atom is -0.493 e. The molecule has 32 heavy (non-hydrogen) atoms. The van der Waals surface area contributed by atoms with Gasteiger partial charge in [-0.3, -0.25) is 4.79 Å². The Morgan fingerprint density at radius 1 is 1.09 bits per heavy atom. The van der Waals surface area contributed by atoms with Crippen LogP contribution in [-0.4, -0.2) is 40.5 Å². The topological polar surface area (TPSA) is 77.8 Å². The number of hydrogen-bond acceptors (Lipinski definition) is 6. The van der Waals surface area contributed by atoms with E-state index in [1.807, 2.05) is 31.2 Å². The molecule has 0 saturated carbocycles. The Kier molecular flexibility index (Phi) is 6.27. The van der Waals surface area contributed by atoms with Gasteiger partial charge in [0.2, 0.25) is 5.91 Å². The van der Waals surface area contributed by atoms with Gasteiger partial charge in [0.25, 0.3) is 0 Å². The number of carbonyl (C=O) groups excluding carboxylic acids is 1. The molecule has 164 valence electrons. The summed E-state index contributed by atoms with van der Waals surface area (Å²) in [5.41, 5.74) is 3.76. The molecule has 0 aliphatic rings. The molecule has 1 amide bonds. The number of nitrogens with zero attached hydrogens (tertiary/aromatic N) is 3. The van der Waals surface area contributed by atoms with Gasteiger partial charge in [-0.25, -0.2) is 13.9 Å². The number of fused-ring (bicyclic) bond motifs is 1. The monoisotopic (exact) mass is 452 g/mol. The van der Waals surface area contributed by atoms with E-state index in [9.17, 15) is 9.18 Å². The number of benzene rings is 2. The van der Waals surface area contributed by atoms with Crippen LogP contribution in [0.15, 0.2) is 59.8 Å². The molecule has 0 saturated heterocycles. The van der Waals surface area contributed by atoms with Crippen LogP contribution in [0, 0.1) is 12.7 Å². The van der Waals surface area contributed by atoms with Crippen molar-refractivity contribution in [1.82, 2.24) is 14.6 Å². The predicted octanol–water partition coefficient (Wildman–Crippen LogP) is 4.59. The highest BCUT2D eigenvalue weighted by atomic mass is 32.2. The van der Waals surface area contributed by atoms with Gasteiger partial charge in [-0.1, -0.05) is 17.8 Å². The second-order valence-corrected chi connectivity index (χ2v) is 7.94. The first-order valence-electron chi connectivity index (χ1n) is 9.74. The zero-order valence-corrected chi connectivity index (χ0v) is 18.6. The van der Waals surface area contributed by atoms with Crippen LogP contribution >= 0.6 is 11.8 Å². The Labute approximate surface area is 188 Å². The van der Waals surface area contributed by atoms with Gasteiger partial charge in [0.05, 0.1) is 26.2 Å². The second kappa shape index (κ2) is 9.27.